The molecule has 0 aliphatic rings. The molecule has 25 heavy (non-hydrogen) atoms. The molecule has 8 heteroatoms. The van der Waals surface area contributed by atoms with Gasteiger partial charge in [-0.15, -0.1) is 0 Å². The summed E-state index contributed by atoms with van der Waals surface area (Å²) in [6, 6.07) is 12.7. The highest BCUT2D eigenvalue weighted by atomic mass is 32.1. The van der Waals surface area contributed by atoms with Crippen LogP contribution >= 0.6 is 12.2 Å². The average Bonchev–Trinajstić information content (AvgIpc) is 2.93. The Morgan fingerprint density at radius 1 is 1.12 bits per heavy atom. The first-order valence-corrected chi connectivity index (χ1v) is 7.73. The highest BCUT2D eigenvalue weighted by Crippen LogP contribution is 2.31. The lowest BCUT2D eigenvalue weighted by molar-refractivity contribution is -0.137. The van der Waals surface area contributed by atoms with Crippen LogP contribution in [-0.2, 0) is 6.18 Å². The van der Waals surface area contributed by atoms with Crippen LogP contribution in [0.5, 0.6) is 0 Å². The van der Waals surface area contributed by atoms with Crippen LogP contribution in [0.3, 0.4) is 0 Å². The number of halogens is 3. The van der Waals surface area contributed by atoms with Gasteiger partial charge in [0.05, 0.1) is 11.8 Å². The van der Waals surface area contributed by atoms with E-state index >= 15 is 0 Å². The Balaban J connectivity index is 2.07. The van der Waals surface area contributed by atoms with E-state index in [2.05, 4.69) is 15.3 Å². The molecule has 4 nitrogen and oxygen atoms in total. The monoisotopic (exact) mass is 362 g/mol. The second-order valence-electron chi connectivity index (χ2n) is 5.31. The number of H-pyrrole nitrogens is 1. The van der Waals surface area contributed by atoms with Crippen molar-refractivity contribution in [1.29, 1.82) is 0 Å². The van der Waals surface area contributed by atoms with Crippen LogP contribution in [0.25, 0.3) is 11.4 Å². The predicted molar refractivity (Wildman–Crippen MR) is 92.0 cm³/mol. The second kappa shape index (κ2) is 6.64. The van der Waals surface area contributed by atoms with Gasteiger partial charge in [0.1, 0.15) is 0 Å². The van der Waals surface area contributed by atoms with Gasteiger partial charge < -0.3 is 0 Å². The molecule has 0 spiro atoms. The van der Waals surface area contributed by atoms with Crippen LogP contribution in [0.2, 0.25) is 0 Å². The molecule has 1 aromatic heterocycles. The lowest BCUT2D eigenvalue weighted by atomic mass is 10.1. The Morgan fingerprint density at radius 2 is 1.80 bits per heavy atom. The number of aromatic amines is 1. The lowest BCUT2D eigenvalue weighted by Gasteiger charge is -2.09. The molecule has 3 aromatic rings. The zero-order valence-electron chi connectivity index (χ0n) is 13.1. The van der Waals surface area contributed by atoms with Gasteiger partial charge in [-0.3, -0.25) is 0 Å². The lowest BCUT2D eigenvalue weighted by Crippen LogP contribution is -2.09. The first-order chi connectivity index (χ1) is 11.9. The van der Waals surface area contributed by atoms with Crippen molar-refractivity contribution in [2.45, 2.75) is 13.1 Å². The van der Waals surface area contributed by atoms with Crippen LogP contribution in [-0.4, -0.2) is 21.1 Å². The molecule has 1 N–H and O–H groups in total. The normalized spacial score (nSPS) is 12.0. The minimum Gasteiger partial charge on any atom is -0.250 e. The minimum atomic E-state index is -4.46. The molecule has 2 aromatic carbocycles. The number of alkyl halides is 3. The number of hydrogen-bond donors (Lipinski definition) is 1. The summed E-state index contributed by atoms with van der Waals surface area (Å²) in [6.45, 7) is 1.90. The van der Waals surface area contributed by atoms with Gasteiger partial charge in [0.25, 0.3) is 0 Å². The van der Waals surface area contributed by atoms with E-state index in [-0.39, 0.29) is 10.3 Å². The molecular weight excluding hydrogens is 349 g/mol. The largest absolute Gasteiger partial charge is 0.417 e. The molecule has 0 aliphatic heterocycles. The number of nitrogens with zero attached hydrogens (tertiary/aromatic N) is 3. The maximum atomic E-state index is 13.1. The van der Waals surface area contributed by atoms with Crippen LogP contribution in [0.1, 0.15) is 16.7 Å². The summed E-state index contributed by atoms with van der Waals surface area (Å²) in [5, 5.41) is 10.9. The number of aryl methyl sites for hydroxylation is 1. The molecule has 0 fully saturated rings. The number of aromatic nitrogens is 3. The fraction of sp³-hybridized carbons (Fsp3) is 0.118. The Hall–Kier alpha value is -2.74. The predicted octanol–water partition coefficient (Wildman–Crippen LogP) is 4.82. The molecule has 0 radical (unpaired) electrons. The minimum absolute atomic E-state index is 0.0474. The Morgan fingerprint density at radius 3 is 2.52 bits per heavy atom. The molecule has 0 bridgehead atoms. The summed E-state index contributed by atoms with van der Waals surface area (Å²) in [4.78, 5) is 0. The van der Waals surface area contributed by atoms with Crippen molar-refractivity contribution in [2.75, 3.05) is 0 Å². The van der Waals surface area contributed by atoms with Crippen molar-refractivity contribution < 1.29 is 13.2 Å². The molecule has 0 saturated heterocycles. The van der Waals surface area contributed by atoms with Crippen LogP contribution < -0.4 is 0 Å². The number of benzene rings is 2. The third-order valence-electron chi connectivity index (χ3n) is 3.61. The van der Waals surface area contributed by atoms with Gasteiger partial charge in [-0.05, 0) is 30.8 Å². The van der Waals surface area contributed by atoms with E-state index in [4.69, 9.17) is 12.2 Å². The Bertz CT molecular complexity index is 986. The number of hydrogen-bond acceptors (Lipinski definition) is 3. The maximum Gasteiger partial charge on any atom is 0.417 e. The molecule has 128 valence electrons. The molecule has 3 rings (SSSR count). The van der Waals surface area contributed by atoms with Gasteiger partial charge in [0.15, 0.2) is 5.82 Å². The van der Waals surface area contributed by atoms with Gasteiger partial charge in [0, 0.05) is 11.1 Å². The van der Waals surface area contributed by atoms with E-state index in [0.717, 1.165) is 23.4 Å². The highest BCUT2D eigenvalue weighted by molar-refractivity contribution is 7.71. The van der Waals surface area contributed by atoms with Crippen molar-refractivity contribution in [2.24, 2.45) is 5.10 Å². The Labute approximate surface area is 146 Å². The van der Waals surface area contributed by atoms with Crippen molar-refractivity contribution in [3.8, 4) is 11.4 Å². The maximum absolute atomic E-state index is 13.1. The van der Waals surface area contributed by atoms with Crippen molar-refractivity contribution in [1.82, 2.24) is 14.9 Å². The Kier molecular flexibility index (Phi) is 4.54. The summed E-state index contributed by atoms with van der Waals surface area (Å²) >= 11 is 5.15. The van der Waals surface area contributed by atoms with E-state index in [9.17, 15) is 13.2 Å². The summed E-state index contributed by atoms with van der Waals surface area (Å²) in [6.07, 6.45) is -3.32. The zero-order valence-corrected chi connectivity index (χ0v) is 13.9. The third-order valence-corrected chi connectivity index (χ3v) is 3.88. The molecule has 0 amide bonds. The van der Waals surface area contributed by atoms with Gasteiger partial charge in [-0.25, -0.2) is 5.10 Å². The van der Waals surface area contributed by atoms with Crippen LogP contribution in [0, 0.1) is 11.7 Å². The quantitative estimate of drug-likeness (QED) is 0.536. The first kappa shape index (κ1) is 17.1. The SMILES string of the molecule is Cc1ccccc1-c1n[nH]c(=S)n1/N=C/c1ccccc1C(F)(F)F. The van der Waals surface area contributed by atoms with Gasteiger partial charge >= 0.3 is 6.18 Å². The topological polar surface area (TPSA) is 46.0 Å². The molecule has 0 atom stereocenters. The van der Waals surface area contributed by atoms with Crippen LogP contribution in [0.4, 0.5) is 13.2 Å². The summed E-state index contributed by atoms with van der Waals surface area (Å²) in [5.41, 5.74) is 0.930. The standard InChI is InChI=1S/C17H13F3N4S/c1-11-6-2-4-8-13(11)15-22-23-16(25)24(15)21-10-12-7-3-5-9-14(12)17(18,19)20/h2-10H,1H3,(H,23,25)/b21-10+. The molecule has 0 saturated carbocycles. The molecule has 0 unspecified atom stereocenters. The fourth-order valence-corrected chi connectivity index (χ4v) is 2.56. The van der Waals surface area contributed by atoms with Gasteiger partial charge in [-0.2, -0.15) is 28.0 Å². The van der Waals surface area contributed by atoms with Crippen LogP contribution in [0.15, 0.2) is 53.6 Å². The molecule has 0 aliphatic carbocycles. The summed E-state index contributed by atoms with van der Waals surface area (Å²) in [5.74, 6) is 0.434. The van der Waals surface area contributed by atoms with Crippen molar-refractivity contribution in [3.05, 3.63) is 70.0 Å². The molecular formula is C17H13F3N4S. The number of nitrogens with one attached hydrogen (secondary N) is 1. The van der Waals surface area contributed by atoms with E-state index in [1.54, 1.807) is 0 Å². The fourth-order valence-electron chi connectivity index (χ4n) is 2.38. The molecule has 1 heterocycles. The second-order valence-corrected chi connectivity index (χ2v) is 5.70. The van der Waals surface area contributed by atoms with E-state index in [1.165, 1.54) is 22.9 Å². The summed E-state index contributed by atoms with van der Waals surface area (Å²) in [7, 11) is 0. The van der Waals surface area contributed by atoms with E-state index in [0.29, 0.717) is 5.82 Å². The van der Waals surface area contributed by atoms with Gasteiger partial charge in [-0.1, -0.05) is 42.5 Å². The third kappa shape index (κ3) is 3.53. The van der Waals surface area contributed by atoms with Crippen molar-refractivity contribution in [3.63, 3.8) is 0 Å². The highest BCUT2D eigenvalue weighted by Gasteiger charge is 2.32. The van der Waals surface area contributed by atoms with E-state index < -0.39 is 11.7 Å². The van der Waals surface area contributed by atoms with Gasteiger partial charge in [0.2, 0.25) is 4.77 Å². The van der Waals surface area contributed by atoms with Crippen molar-refractivity contribution >= 4 is 18.4 Å². The summed E-state index contributed by atoms with van der Waals surface area (Å²) < 4.78 is 40.8. The first-order valence-electron chi connectivity index (χ1n) is 7.32. The average molecular weight is 362 g/mol. The van der Waals surface area contributed by atoms with E-state index in [1.807, 2.05) is 31.2 Å². The zero-order chi connectivity index (χ0) is 18.0. The number of rotatable bonds is 3. The smallest absolute Gasteiger partial charge is 0.250 e.